The number of likely N-dealkylation sites (tertiary alicyclic amines) is 1. The van der Waals surface area contributed by atoms with Crippen molar-refractivity contribution in [3.8, 4) is 22.8 Å². The maximum Gasteiger partial charge on any atom is 0.251 e. The minimum atomic E-state index is -0.154. The molecule has 2 aliphatic rings. The number of halogens is 1. The average Bonchev–Trinajstić information content (AvgIpc) is 3.99. The Morgan fingerprint density at radius 3 is 2.50 bits per heavy atom. The first kappa shape index (κ1) is 41.1. The van der Waals surface area contributed by atoms with Crippen LogP contribution in [0.5, 0.6) is 11.5 Å². The summed E-state index contributed by atoms with van der Waals surface area (Å²) in [6, 6.07) is 21.4. The topological polar surface area (TPSA) is 179 Å². The van der Waals surface area contributed by atoms with Gasteiger partial charge >= 0.3 is 0 Å². The Hall–Kier alpha value is -6.92. The number of hydrogen-bond donors (Lipinski definition) is 2. The van der Waals surface area contributed by atoms with E-state index >= 15 is 0 Å². The molecule has 3 N–H and O–H groups in total. The van der Waals surface area contributed by atoms with Gasteiger partial charge in [0.2, 0.25) is 11.9 Å². The van der Waals surface area contributed by atoms with Crippen LogP contribution in [0.15, 0.2) is 95.9 Å². The van der Waals surface area contributed by atoms with Crippen LogP contribution in [-0.4, -0.2) is 111 Å². The average molecular weight is 923 g/mol. The normalized spacial score (nSPS) is 16.0. The number of carbonyl (C=O) groups is 1. The van der Waals surface area contributed by atoms with Gasteiger partial charge in [0.25, 0.3) is 5.91 Å². The van der Waals surface area contributed by atoms with E-state index in [0.717, 1.165) is 82.8 Å². The number of amides is 1. The number of benzene rings is 3. The zero-order chi connectivity index (χ0) is 44.1. The summed E-state index contributed by atoms with van der Waals surface area (Å²) < 4.78 is 12.5. The summed E-state index contributed by atoms with van der Waals surface area (Å²) in [4.78, 5) is 44.7. The van der Waals surface area contributed by atoms with Crippen LogP contribution >= 0.6 is 15.9 Å². The number of carbonyl (C=O) groups excluding carboxylic acids is 1. The van der Waals surface area contributed by atoms with Crippen LogP contribution in [-0.2, 0) is 17.9 Å². The van der Waals surface area contributed by atoms with Crippen molar-refractivity contribution in [3.63, 3.8) is 0 Å². The highest BCUT2D eigenvalue weighted by Crippen LogP contribution is 2.35. The van der Waals surface area contributed by atoms with E-state index in [9.17, 15) is 4.79 Å². The summed E-state index contributed by atoms with van der Waals surface area (Å²) in [7, 11) is 2.12. The molecule has 2 saturated heterocycles. The lowest BCUT2D eigenvalue weighted by molar-refractivity contribution is -0.129. The molecule has 0 saturated carbocycles. The number of nitrogens with two attached hydrogens (primary N) is 1. The third-order valence-electron chi connectivity index (χ3n) is 12.3. The van der Waals surface area contributed by atoms with E-state index in [0.29, 0.717) is 71.0 Å². The summed E-state index contributed by atoms with van der Waals surface area (Å²) in [6.07, 6.45) is 4.77. The van der Waals surface area contributed by atoms with Crippen molar-refractivity contribution in [2.24, 2.45) is 0 Å². The van der Waals surface area contributed by atoms with Crippen LogP contribution < -0.4 is 20.7 Å². The van der Waals surface area contributed by atoms with Crippen LogP contribution in [0.2, 0.25) is 0 Å². The highest BCUT2D eigenvalue weighted by molar-refractivity contribution is 9.10. The number of piperidine rings is 1. The van der Waals surface area contributed by atoms with E-state index in [4.69, 9.17) is 30.5 Å². The predicted molar refractivity (Wildman–Crippen MR) is 250 cm³/mol. The minimum absolute atomic E-state index is 0.121. The van der Waals surface area contributed by atoms with Gasteiger partial charge < -0.3 is 35.1 Å². The monoisotopic (exact) mass is 921 g/mol. The van der Waals surface area contributed by atoms with E-state index in [1.807, 2.05) is 64.2 Å². The zero-order valence-corrected chi connectivity index (χ0v) is 37.5. The molecule has 7 heterocycles. The molecule has 3 aromatic carbocycles. The largest absolute Gasteiger partial charge is 0.457 e. The first-order chi connectivity index (χ1) is 31.1. The van der Waals surface area contributed by atoms with Gasteiger partial charge in [-0.1, -0.05) is 24.8 Å². The van der Waals surface area contributed by atoms with Crippen molar-refractivity contribution in [2.75, 3.05) is 62.3 Å². The number of hydrogen-bond acceptors (Lipinski definition) is 13. The Bertz CT molecular complexity index is 3040. The van der Waals surface area contributed by atoms with Gasteiger partial charge in [0.05, 0.1) is 46.2 Å². The number of ether oxygens (including phenoxy) is 1. The Labute approximate surface area is 377 Å². The van der Waals surface area contributed by atoms with Crippen LogP contribution in [0.25, 0.3) is 39.0 Å². The molecule has 17 nitrogen and oxygen atoms in total. The molecule has 18 heteroatoms. The third-order valence-corrected chi connectivity index (χ3v) is 12.8. The standard InChI is InChI=1S/C46H48BrN15O2/c1-28-21-36-37(22-29(28)2)60(38(53-36)24-49-45-55-46(58-19-17-57(4)18-20-58)54-42-35(47)23-52-62(42)45)25-30(3)44(63)59-16-8-9-32(26-59)61-43-39(41(48)50-27-51-43)40(56-61)31-12-14-34(15-13-31)64-33-10-6-5-7-11-33/h5-7,10-15,21-23,27,32H,3,8-9,16-20,24-26H2,1-2,4H3,(H2,48,50,51)(H,49,54,55)/t32-/m1/s1. The minimum Gasteiger partial charge on any atom is -0.457 e. The third kappa shape index (κ3) is 7.87. The van der Waals surface area contributed by atoms with E-state index < -0.39 is 0 Å². The summed E-state index contributed by atoms with van der Waals surface area (Å²) >= 11 is 3.63. The molecule has 10 rings (SSSR count). The van der Waals surface area contributed by atoms with Gasteiger partial charge in [-0.25, -0.2) is 19.6 Å². The van der Waals surface area contributed by atoms with Crippen molar-refractivity contribution in [1.82, 2.24) is 58.7 Å². The number of nitrogens with one attached hydrogen (secondary N) is 1. The molecule has 2 fully saturated rings. The van der Waals surface area contributed by atoms with E-state index in [1.165, 1.54) is 6.33 Å². The fraction of sp³-hybridized carbons (Fsp3) is 0.304. The van der Waals surface area contributed by atoms with E-state index in [2.05, 4.69) is 90.3 Å². The van der Waals surface area contributed by atoms with Crippen LogP contribution in [0.1, 0.15) is 35.8 Å². The second-order valence-electron chi connectivity index (χ2n) is 16.6. The van der Waals surface area contributed by atoms with Crippen molar-refractivity contribution in [2.45, 2.75) is 45.8 Å². The second-order valence-corrected chi connectivity index (χ2v) is 17.5. The molecule has 0 spiro atoms. The molecule has 0 unspecified atom stereocenters. The van der Waals surface area contributed by atoms with E-state index in [-0.39, 0.29) is 18.5 Å². The maximum atomic E-state index is 14.5. The van der Waals surface area contributed by atoms with Gasteiger partial charge in [0, 0.05) is 50.4 Å². The van der Waals surface area contributed by atoms with Gasteiger partial charge in [0.1, 0.15) is 35.2 Å². The summed E-state index contributed by atoms with van der Waals surface area (Å²) in [5.74, 6) is 3.59. The van der Waals surface area contributed by atoms with Gasteiger partial charge in [-0.15, -0.1) is 0 Å². The first-order valence-corrected chi connectivity index (χ1v) is 22.2. The predicted octanol–water partition coefficient (Wildman–Crippen LogP) is 6.82. The molecule has 8 aromatic rings. The molecular formula is C46H48BrN15O2. The molecule has 5 aromatic heterocycles. The number of fused-ring (bicyclic) bond motifs is 3. The highest BCUT2D eigenvalue weighted by atomic mass is 79.9. The summed E-state index contributed by atoms with van der Waals surface area (Å²) in [6.45, 7) is 13.6. The lowest BCUT2D eigenvalue weighted by atomic mass is 10.0. The van der Waals surface area contributed by atoms with E-state index in [1.54, 1.807) is 10.7 Å². The van der Waals surface area contributed by atoms with Gasteiger partial charge in [-0.2, -0.15) is 24.7 Å². The number of aryl methyl sites for hydroxylation is 2. The molecule has 1 amide bonds. The number of piperazine rings is 1. The molecular weight excluding hydrogens is 875 g/mol. The number of rotatable bonds is 11. The SMILES string of the molecule is C=C(Cn1c(CNc2nc(N3CCN(C)CC3)nc3c(Br)cnn23)nc2cc(C)c(C)cc21)C(=O)N1CCC[C@@H](n2nc(-c3ccc(Oc4ccccc4)cc3)c3c(N)ncnc32)C1. The van der Waals surface area contributed by atoms with Crippen molar-refractivity contribution < 1.29 is 9.53 Å². The molecule has 2 aliphatic heterocycles. The van der Waals surface area contributed by atoms with Gasteiger partial charge in [-0.05, 0) is 109 Å². The van der Waals surface area contributed by atoms with Crippen molar-refractivity contribution >= 4 is 67.3 Å². The van der Waals surface area contributed by atoms with Crippen molar-refractivity contribution in [3.05, 3.63) is 113 Å². The quantitative estimate of drug-likeness (QED) is 0.129. The Morgan fingerprint density at radius 1 is 0.938 bits per heavy atom. The van der Waals surface area contributed by atoms with Crippen LogP contribution in [0.4, 0.5) is 17.7 Å². The lowest BCUT2D eigenvalue weighted by Crippen LogP contribution is -2.45. The fourth-order valence-corrected chi connectivity index (χ4v) is 8.93. The molecule has 1 atom stereocenters. The number of nitrogens with zero attached hydrogens (tertiary/aromatic N) is 13. The number of imidazole rings is 1. The summed E-state index contributed by atoms with van der Waals surface area (Å²) in [5.41, 5.74) is 13.8. The van der Waals surface area contributed by atoms with Gasteiger partial charge in [0.15, 0.2) is 11.3 Å². The Balaban J connectivity index is 0.897. The van der Waals surface area contributed by atoms with Crippen LogP contribution in [0, 0.1) is 13.8 Å². The molecule has 0 aliphatic carbocycles. The zero-order valence-electron chi connectivity index (χ0n) is 35.9. The highest BCUT2D eigenvalue weighted by Gasteiger charge is 2.30. The number of anilines is 3. The number of nitrogen functional groups attached to an aromatic ring is 1. The van der Waals surface area contributed by atoms with Crippen molar-refractivity contribution in [1.29, 1.82) is 0 Å². The number of aromatic nitrogens is 10. The first-order valence-electron chi connectivity index (χ1n) is 21.4. The summed E-state index contributed by atoms with van der Waals surface area (Å²) in [5, 5.41) is 13.9. The molecule has 0 radical (unpaired) electrons. The Kier molecular flexibility index (Phi) is 10.9. The fourth-order valence-electron chi connectivity index (χ4n) is 8.58. The smallest absolute Gasteiger partial charge is 0.251 e. The van der Waals surface area contributed by atoms with Gasteiger partial charge in [-0.3, -0.25) is 4.79 Å². The second kappa shape index (κ2) is 17.0. The number of para-hydroxylation sites is 1. The maximum absolute atomic E-state index is 14.5. The Morgan fingerprint density at radius 2 is 1.70 bits per heavy atom. The lowest BCUT2D eigenvalue weighted by Gasteiger charge is -2.33. The molecule has 0 bridgehead atoms. The number of likely N-dealkylation sites (N-methyl/N-ethyl adjacent to an activating group) is 1. The molecule has 326 valence electrons. The van der Waals surface area contributed by atoms with Crippen LogP contribution in [0.3, 0.4) is 0 Å². The molecule has 64 heavy (non-hydrogen) atoms.